The Labute approximate surface area is 173 Å². The van der Waals surface area contributed by atoms with Crippen molar-refractivity contribution >= 4 is 17.5 Å². The van der Waals surface area contributed by atoms with Crippen molar-refractivity contribution < 1.29 is 18.8 Å². The van der Waals surface area contributed by atoms with Crippen molar-refractivity contribution in [2.45, 2.75) is 19.9 Å². The Bertz CT molecular complexity index is 1060. The summed E-state index contributed by atoms with van der Waals surface area (Å²) in [6.07, 6.45) is 0.181. The van der Waals surface area contributed by atoms with Crippen LogP contribution in [0.2, 0.25) is 0 Å². The highest BCUT2D eigenvalue weighted by atomic mass is 16.5. The minimum atomic E-state index is -0.396. The summed E-state index contributed by atoms with van der Waals surface area (Å²) in [5.74, 6) is 1.09. The summed E-state index contributed by atoms with van der Waals surface area (Å²) < 4.78 is 10.2. The second-order valence-electron chi connectivity index (χ2n) is 7.16. The zero-order valence-corrected chi connectivity index (χ0v) is 16.8. The number of ether oxygens (including phenoxy) is 1. The molecule has 0 unspecified atom stereocenters. The molecule has 0 aliphatic carbocycles. The zero-order valence-electron chi connectivity index (χ0n) is 16.8. The van der Waals surface area contributed by atoms with E-state index in [0.717, 1.165) is 16.9 Å². The molecule has 1 saturated heterocycles. The van der Waals surface area contributed by atoms with Crippen LogP contribution in [-0.2, 0) is 16.1 Å². The number of aromatic nitrogens is 2. The number of carbonyl (C=O) groups excluding carboxylic acids is 2. The molecule has 30 heavy (non-hydrogen) atoms. The van der Waals surface area contributed by atoms with E-state index < -0.39 is 5.92 Å². The van der Waals surface area contributed by atoms with Gasteiger partial charge in [0.2, 0.25) is 23.5 Å². The molecule has 1 aliphatic rings. The second kappa shape index (κ2) is 8.36. The Morgan fingerprint density at radius 3 is 2.77 bits per heavy atom. The van der Waals surface area contributed by atoms with E-state index in [-0.39, 0.29) is 18.2 Å². The molecule has 1 aromatic heterocycles. The highest BCUT2D eigenvalue weighted by Gasteiger charge is 2.35. The van der Waals surface area contributed by atoms with Crippen LogP contribution in [0.5, 0.6) is 5.75 Å². The molecule has 2 heterocycles. The van der Waals surface area contributed by atoms with Crippen molar-refractivity contribution in [2.24, 2.45) is 5.92 Å². The van der Waals surface area contributed by atoms with Crippen LogP contribution in [0.3, 0.4) is 0 Å². The van der Waals surface area contributed by atoms with E-state index in [9.17, 15) is 9.59 Å². The van der Waals surface area contributed by atoms with Crippen molar-refractivity contribution in [3.8, 4) is 17.1 Å². The summed E-state index contributed by atoms with van der Waals surface area (Å²) in [5.41, 5.74) is 2.43. The van der Waals surface area contributed by atoms with E-state index in [2.05, 4.69) is 15.5 Å². The summed E-state index contributed by atoms with van der Waals surface area (Å²) in [7, 11) is 1.61. The number of amides is 2. The number of hydrogen-bond acceptors (Lipinski definition) is 6. The number of aryl methyl sites for hydroxylation is 1. The smallest absolute Gasteiger partial charge is 0.227 e. The summed E-state index contributed by atoms with van der Waals surface area (Å²) in [6.45, 7) is 2.46. The molecule has 0 bridgehead atoms. The predicted molar refractivity (Wildman–Crippen MR) is 110 cm³/mol. The summed E-state index contributed by atoms with van der Waals surface area (Å²) in [6, 6.07) is 14.9. The summed E-state index contributed by atoms with van der Waals surface area (Å²) in [5, 5.41) is 6.84. The lowest BCUT2D eigenvalue weighted by Crippen LogP contribution is -2.32. The van der Waals surface area contributed by atoms with Crippen LogP contribution >= 0.6 is 0 Å². The molecule has 1 N–H and O–H groups in total. The normalized spacial score (nSPS) is 16.0. The van der Waals surface area contributed by atoms with Gasteiger partial charge in [0.1, 0.15) is 5.75 Å². The number of benzene rings is 2. The first-order chi connectivity index (χ1) is 14.5. The Hall–Kier alpha value is -3.68. The second-order valence-corrected chi connectivity index (χ2v) is 7.16. The summed E-state index contributed by atoms with van der Waals surface area (Å²) in [4.78, 5) is 31.0. The van der Waals surface area contributed by atoms with Gasteiger partial charge >= 0.3 is 0 Å². The lowest BCUT2D eigenvalue weighted by atomic mass is 10.1. The third-order valence-electron chi connectivity index (χ3n) is 5.07. The molecular weight excluding hydrogens is 384 g/mol. The lowest BCUT2D eigenvalue weighted by Gasteiger charge is -2.17. The lowest BCUT2D eigenvalue weighted by molar-refractivity contribution is -0.126. The number of hydrogen-bond donors (Lipinski definition) is 1. The molecule has 8 nitrogen and oxygen atoms in total. The number of carbonyl (C=O) groups is 2. The Morgan fingerprint density at radius 1 is 1.27 bits per heavy atom. The number of rotatable bonds is 6. The van der Waals surface area contributed by atoms with Crippen molar-refractivity contribution in [3.63, 3.8) is 0 Å². The topological polar surface area (TPSA) is 97.6 Å². The van der Waals surface area contributed by atoms with Gasteiger partial charge in [-0.1, -0.05) is 29.4 Å². The molecule has 0 saturated carbocycles. The van der Waals surface area contributed by atoms with E-state index in [4.69, 9.17) is 9.26 Å². The predicted octanol–water partition coefficient (Wildman–Crippen LogP) is 2.72. The zero-order chi connectivity index (χ0) is 21.1. The van der Waals surface area contributed by atoms with Crippen molar-refractivity contribution in [3.05, 3.63) is 60.0 Å². The largest absolute Gasteiger partial charge is 0.497 e. The van der Waals surface area contributed by atoms with Gasteiger partial charge in [0.05, 0.1) is 13.0 Å². The first kappa shape index (κ1) is 19.6. The Kier molecular flexibility index (Phi) is 5.47. The Balaban J connectivity index is 1.40. The fourth-order valence-corrected chi connectivity index (χ4v) is 3.44. The molecular formula is C22H22N4O4. The van der Waals surface area contributed by atoms with Gasteiger partial charge < -0.3 is 19.5 Å². The van der Waals surface area contributed by atoms with Crippen LogP contribution in [0, 0.1) is 12.8 Å². The van der Waals surface area contributed by atoms with Crippen molar-refractivity contribution in [2.75, 3.05) is 18.6 Å². The van der Waals surface area contributed by atoms with E-state index in [1.165, 1.54) is 0 Å². The van der Waals surface area contributed by atoms with Crippen LogP contribution < -0.4 is 15.0 Å². The van der Waals surface area contributed by atoms with Gasteiger partial charge in [0.15, 0.2) is 0 Å². The van der Waals surface area contributed by atoms with Crippen LogP contribution in [0.15, 0.2) is 53.1 Å². The molecule has 3 aromatic rings. The molecule has 8 heteroatoms. The molecule has 0 radical (unpaired) electrons. The van der Waals surface area contributed by atoms with Crippen molar-refractivity contribution in [1.29, 1.82) is 0 Å². The SMILES string of the molecule is COc1ccc(CNC(=O)[C@@H]2CC(=O)N(c3cccc(-c4noc(C)n4)c3)C2)cc1. The maximum atomic E-state index is 12.6. The number of methoxy groups -OCH3 is 1. The molecule has 154 valence electrons. The third-order valence-corrected chi connectivity index (χ3v) is 5.07. The van der Waals surface area contributed by atoms with Gasteiger partial charge in [-0.2, -0.15) is 4.98 Å². The van der Waals surface area contributed by atoms with E-state index in [1.54, 1.807) is 18.9 Å². The van der Waals surface area contributed by atoms with E-state index in [0.29, 0.717) is 30.5 Å². The van der Waals surface area contributed by atoms with Gasteiger partial charge in [-0.3, -0.25) is 9.59 Å². The van der Waals surface area contributed by atoms with E-state index >= 15 is 0 Å². The van der Waals surface area contributed by atoms with Crippen molar-refractivity contribution in [1.82, 2.24) is 15.5 Å². The van der Waals surface area contributed by atoms with E-state index in [1.807, 2.05) is 48.5 Å². The highest BCUT2D eigenvalue weighted by Crippen LogP contribution is 2.28. The van der Waals surface area contributed by atoms with Gasteiger partial charge in [0, 0.05) is 37.7 Å². The highest BCUT2D eigenvalue weighted by molar-refractivity contribution is 6.00. The fraction of sp³-hybridized carbons (Fsp3) is 0.273. The number of nitrogens with zero attached hydrogens (tertiary/aromatic N) is 3. The number of nitrogens with one attached hydrogen (secondary N) is 1. The van der Waals surface area contributed by atoms with Crippen LogP contribution in [0.1, 0.15) is 17.9 Å². The molecule has 1 aliphatic heterocycles. The monoisotopic (exact) mass is 406 g/mol. The molecule has 0 spiro atoms. The minimum Gasteiger partial charge on any atom is -0.497 e. The van der Waals surface area contributed by atoms with Gasteiger partial charge in [-0.15, -0.1) is 0 Å². The summed E-state index contributed by atoms with van der Waals surface area (Å²) >= 11 is 0. The van der Waals surface area contributed by atoms with Gasteiger partial charge in [-0.05, 0) is 29.8 Å². The quantitative estimate of drug-likeness (QED) is 0.676. The molecule has 1 fully saturated rings. The molecule has 4 rings (SSSR count). The average Bonchev–Trinajstić information content (AvgIpc) is 3.38. The number of anilines is 1. The standard InChI is InChI=1S/C22H22N4O4/c1-14-24-21(25-30-14)16-4-3-5-18(10-16)26-13-17(11-20(26)27)22(28)23-12-15-6-8-19(29-2)9-7-15/h3-10,17H,11-13H2,1-2H3,(H,23,28)/t17-/m1/s1. The average molecular weight is 406 g/mol. The van der Waals surface area contributed by atoms with Crippen LogP contribution in [0.25, 0.3) is 11.4 Å². The Morgan fingerprint density at radius 2 is 2.07 bits per heavy atom. The first-order valence-corrected chi connectivity index (χ1v) is 9.65. The third kappa shape index (κ3) is 4.17. The van der Waals surface area contributed by atoms with Gasteiger partial charge in [0.25, 0.3) is 0 Å². The van der Waals surface area contributed by atoms with Crippen LogP contribution in [0.4, 0.5) is 5.69 Å². The fourth-order valence-electron chi connectivity index (χ4n) is 3.44. The minimum absolute atomic E-state index is 0.0824. The maximum Gasteiger partial charge on any atom is 0.227 e. The maximum absolute atomic E-state index is 12.6. The van der Waals surface area contributed by atoms with Crippen LogP contribution in [-0.4, -0.2) is 35.6 Å². The first-order valence-electron chi connectivity index (χ1n) is 9.65. The molecule has 1 atom stereocenters. The molecule has 2 aromatic carbocycles. The molecule has 2 amide bonds. The van der Waals surface area contributed by atoms with Gasteiger partial charge in [-0.25, -0.2) is 0 Å².